The van der Waals surface area contributed by atoms with Gasteiger partial charge < -0.3 is 39.4 Å². The van der Waals surface area contributed by atoms with Crippen molar-refractivity contribution in [2.75, 3.05) is 19.8 Å². The Bertz CT molecular complexity index is 600. The molecule has 0 saturated carbocycles. The first-order valence-electron chi connectivity index (χ1n) is 14.1. The highest BCUT2D eigenvalue weighted by Gasteiger charge is 2.44. The highest BCUT2D eigenvalue weighted by atomic mass is 16.7. The summed E-state index contributed by atoms with van der Waals surface area (Å²) >= 11 is 0. The fourth-order valence-corrected chi connectivity index (χ4v) is 4.13. The van der Waals surface area contributed by atoms with Crippen molar-refractivity contribution in [3.8, 4) is 0 Å². The molecule has 0 radical (unpaired) electrons. The summed E-state index contributed by atoms with van der Waals surface area (Å²) in [6.07, 6.45) is 5.11. The van der Waals surface area contributed by atoms with E-state index < -0.39 is 55.4 Å². The lowest BCUT2D eigenvalue weighted by Crippen LogP contribution is -2.59. The van der Waals surface area contributed by atoms with Gasteiger partial charge in [0.05, 0.1) is 13.2 Å². The third kappa shape index (κ3) is 14.4. The summed E-state index contributed by atoms with van der Waals surface area (Å²) in [4.78, 5) is 24.4. The van der Waals surface area contributed by atoms with E-state index in [4.69, 9.17) is 18.9 Å². The van der Waals surface area contributed by atoms with Crippen LogP contribution in [0.5, 0.6) is 0 Å². The van der Waals surface area contributed by atoms with Crippen molar-refractivity contribution in [1.29, 1.82) is 0 Å². The summed E-state index contributed by atoms with van der Waals surface area (Å²) in [6, 6.07) is 0. The molecule has 0 aromatic rings. The monoisotopic (exact) mass is 534 g/mol. The SMILES string of the molecule is CCCCCCCCCCCC(=O)OC(COC(=O)CCCCC)COC1OC(CO)C(O)C(O)C1O. The first-order valence-corrected chi connectivity index (χ1v) is 14.1. The fourth-order valence-electron chi connectivity index (χ4n) is 4.13. The van der Waals surface area contributed by atoms with Crippen LogP contribution in [0.3, 0.4) is 0 Å². The number of aliphatic hydroxyl groups is 4. The predicted molar refractivity (Wildman–Crippen MR) is 137 cm³/mol. The summed E-state index contributed by atoms with van der Waals surface area (Å²) in [5, 5.41) is 39.4. The molecular weight excluding hydrogens is 484 g/mol. The number of hydrogen-bond acceptors (Lipinski definition) is 10. The minimum Gasteiger partial charge on any atom is -0.462 e. The van der Waals surface area contributed by atoms with Gasteiger partial charge in [0.1, 0.15) is 31.0 Å². The molecule has 1 heterocycles. The lowest BCUT2D eigenvalue weighted by molar-refractivity contribution is -0.305. The van der Waals surface area contributed by atoms with Crippen molar-refractivity contribution in [3.63, 3.8) is 0 Å². The maximum Gasteiger partial charge on any atom is 0.306 e. The van der Waals surface area contributed by atoms with Crippen LogP contribution in [0.25, 0.3) is 0 Å². The van der Waals surface area contributed by atoms with Crippen molar-refractivity contribution in [1.82, 2.24) is 0 Å². The quantitative estimate of drug-likeness (QED) is 0.128. The highest BCUT2D eigenvalue weighted by molar-refractivity contribution is 5.70. The molecule has 0 aromatic carbocycles. The molecule has 218 valence electrons. The van der Waals surface area contributed by atoms with Gasteiger partial charge in [0.25, 0.3) is 0 Å². The fraction of sp³-hybridized carbons (Fsp3) is 0.926. The van der Waals surface area contributed by atoms with Gasteiger partial charge in [-0.3, -0.25) is 9.59 Å². The van der Waals surface area contributed by atoms with Crippen molar-refractivity contribution in [2.45, 2.75) is 141 Å². The van der Waals surface area contributed by atoms with E-state index in [0.29, 0.717) is 12.8 Å². The number of rotatable bonds is 21. The summed E-state index contributed by atoms with van der Waals surface area (Å²) in [7, 11) is 0. The average Bonchev–Trinajstić information content (AvgIpc) is 2.89. The highest BCUT2D eigenvalue weighted by Crippen LogP contribution is 2.22. The van der Waals surface area contributed by atoms with Crippen molar-refractivity contribution in [2.24, 2.45) is 0 Å². The molecule has 1 rings (SSSR count). The Balaban J connectivity index is 2.50. The van der Waals surface area contributed by atoms with E-state index in [1.807, 2.05) is 6.92 Å². The van der Waals surface area contributed by atoms with Gasteiger partial charge >= 0.3 is 11.9 Å². The molecule has 1 fully saturated rings. The molecule has 1 saturated heterocycles. The molecule has 37 heavy (non-hydrogen) atoms. The van der Waals surface area contributed by atoms with Crippen LogP contribution in [-0.2, 0) is 28.5 Å². The molecule has 10 nitrogen and oxygen atoms in total. The number of carbonyl (C=O) groups excluding carboxylic acids is 2. The average molecular weight is 535 g/mol. The Morgan fingerprint density at radius 1 is 0.730 bits per heavy atom. The number of hydrogen-bond donors (Lipinski definition) is 4. The third-order valence-corrected chi connectivity index (χ3v) is 6.49. The minimum absolute atomic E-state index is 0.216. The number of ether oxygens (including phenoxy) is 4. The molecule has 1 aliphatic heterocycles. The second-order valence-corrected chi connectivity index (χ2v) is 9.86. The molecular formula is C27H50O10. The topological polar surface area (TPSA) is 152 Å². The van der Waals surface area contributed by atoms with Gasteiger partial charge in [-0.25, -0.2) is 0 Å². The molecule has 6 atom stereocenters. The van der Waals surface area contributed by atoms with Crippen LogP contribution in [0.2, 0.25) is 0 Å². The Morgan fingerprint density at radius 3 is 1.89 bits per heavy atom. The lowest BCUT2D eigenvalue weighted by Gasteiger charge is -2.39. The summed E-state index contributed by atoms with van der Waals surface area (Å²) < 4.78 is 21.6. The van der Waals surface area contributed by atoms with E-state index in [1.165, 1.54) is 32.1 Å². The summed E-state index contributed by atoms with van der Waals surface area (Å²) in [5.41, 5.74) is 0. The number of unbranched alkanes of at least 4 members (excludes halogenated alkanes) is 10. The van der Waals surface area contributed by atoms with Crippen molar-refractivity contribution < 1.29 is 49.0 Å². The van der Waals surface area contributed by atoms with Gasteiger partial charge in [0.15, 0.2) is 12.4 Å². The number of esters is 2. The first kappa shape index (κ1) is 33.7. The number of carbonyl (C=O) groups is 2. The van der Waals surface area contributed by atoms with E-state index in [9.17, 15) is 30.0 Å². The maximum absolute atomic E-state index is 12.4. The maximum atomic E-state index is 12.4. The molecule has 0 amide bonds. The van der Waals surface area contributed by atoms with E-state index in [0.717, 1.165) is 32.1 Å². The Labute approximate surface area is 221 Å². The zero-order valence-electron chi connectivity index (χ0n) is 22.7. The van der Waals surface area contributed by atoms with Crippen molar-refractivity contribution >= 4 is 11.9 Å². The molecule has 4 N–H and O–H groups in total. The van der Waals surface area contributed by atoms with E-state index in [-0.39, 0.29) is 26.1 Å². The minimum atomic E-state index is -1.58. The standard InChI is InChI=1S/C27H50O10/c1-3-5-7-8-9-10-11-12-14-16-23(30)36-20(18-34-22(29)15-13-6-4-2)19-35-27-26(33)25(32)24(31)21(17-28)37-27/h20-21,24-28,31-33H,3-19H2,1-2H3. The van der Waals surface area contributed by atoms with Crippen LogP contribution in [0.15, 0.2) is 0 Å². The lowest BCUT2D eigenvalue weighted by atomic mass is 9.99. The van der Waals surface area contributed by atoms with Gasteiger partial charge in [-0.05, 0) is 12.8 Å². The Hall–Kier alpha value is -1.30. The van der Waals surface area contributed by atoms with Gasteiger partial charge in [0, 0.05) is 12.8 Å². The number of aliphatic hydroxyl groups excluding tert-OH is 4. The molecule has 0 spiro atoms. The molecule has 0 aromatic heterocycles. The van der Waals surface area contributed by atoms with E-state index >= 15 is 0 Å². The van der Waals surface area contributed by atoms with Crippen LogP contribution in [-0.4, -0.2) is 89.0 Å². The van der Waals surface area contributed by atoms with Crippen LogP contribution in [0.1, 0.15) is 104 Å². The van der Waals surface area contributed by atoms with Crippen molar-refractivity contribution in [3.05, 3.63) is 0 Å². The zero-order valence-corrected chi connectivity index (χ0v) is 22.7. The van der Waals surface area contributed by atoms with Gasteiger partial charge in [-0.1, -0.05) is 78.1 Å². The smallest absolute Gasteiger partial charge is 0.306 e. The largest absolute Gasteiger partial charge is 0.462 e. The third-order valence-electron chi connectivity index (χ3n) is 6.49. The molecule has 0 bridgehead atoms. The molecule has 1 aliphatic rings. The summed E-state index contributed by atoms with van der Waals surface area (Å²) in [6.45, 7) is 3.16. The van der Waals surface area contributed by atoms with E-state index in [1.54, 1.807) is 0 Å². The van der Waals surface area contributed by atoms with Crippen LogP contribution < -0.4 is 0 Å². The van der Waals surface area contributed by atoms with Gasteiger partial charge in [-0.15, -0.1) is 0 Å². The zero-order chi connectivity index (χ0) is 27.5. The molecule has 6 unspecified atom stereocenters. The molecule has 0 aliphatic carbocycles. The van der Waals surface area contributed by atoms with Gasteiger partial charge in [0.2, 0.25) is 0 Å². The molecule has 10 heteroatoms. The normalized spacial score (nSPS) is 24.5. The van der Waals surface area contributed by atoms with E-state index in [2.05, 4.69) is 6.92 Å². The first-order chi connectivity index (χ1) is 17.8. The summed E-state index contributed by atoms with van der Waals surface area (Å²) in [5.74, 6) is -0.839. The second kappa shape index (κ2) is 20.6. The van der Waals surface area contributed by atoms with Gasteiger partial charge in [-0.2, -0.15) is 0 Å². The second-order valence-electron chi connectivity index (χ2n) is 9.86. The van der Waals surface area contributed by atoms with Crippen LogP contribution in [0, 0.1) is 0 Å². The predicted octanol–water partition coefficient (Wildman–Crippen LogP) is 2.76. The van der Waals surface area contributed by atoms with Crippen LogP contribution in [0.4, 0.5) is 0 Å². The Morgan fingerprint density at radius 2 is 1.27 bits per heavy atom. The van der Waals surface area contributed by atoms with Crippen LogP contribution >= 0.6 is 0 Å². The Kier molecular flexibility index (Phi) is 18.8.